The van der Waals surface area contributed by atoms with Crippen LogP contribution in [0.25, 0.3) is 0 Å². The summed E-state index contributed by atoms with van der Waals surface area (Å²) < 4.78 is 0. The number of hydrogen-bond acceptors (Lipinski definition) is 4. The monoisotopic (exact) mass is 329 g/mol. The Morgan fingerprint density at radius 1 is 1.30 bits per heavy atom. The predicted molar refractivity (Wildman–Crippen MR) is 95.4 cm³/mol. The Kier molecular flexibility index (Phi) is 4.66. The molecule has 0 saturated carbocycles. The molecule has 1 aliphatic heterocycles. The number of pyridine rings is 1. The second kappa shape index (κ2) is 6.71. The van der Waals surface area contributed by atoms with E-state index >= 15 is 0 Å². The van der Waals surface area contributed by atoms with Crippen molar-refractivity contribution in [2.75, 3.05) is 25.0 Å². The minimum atomic E-state index is 0.156. The van der Waals surface area contributed by atoms with Crippen molar-refractivity contribution in [1.29, 1.82) is 0 Å². The van der Waals surface area contributed by atoms with Crippen LogP contribution in [0.1, 0.15) is 33.0 Å². The molecule has 122 valence electrons. The summed E-state index contributed by atoms with van der Waals surface area (Å²) in [5.74, 6) is 1.19. The highest BCUT2D eigenvalue weighted by molar-refractivity contribution is 7.12. The molecule has 4 nitrogen and oxygen atoms in total. The van der Waals surface area contributed by atoms with E-state index in [1.54, 1.807) is 11.3 Å². The Morgan fingerprint density at radius 2 is 2.04 bits per heavy atom. The summed E-state index contributed by atoms with van der Waals surface area (Å²) in [6.07, 6.45) is 3.81. The fraction of sp³-hybridized carbons (Fsp3) is 0.444. The molecule has 0 aromatic carbocycles. The van der Waals surface area contributed by atoms with E-state index in [4.69, 9.17) is 0 Å². The number of thiophene rings is 1. The summed E-state index contributed by atoms with van der Waals surface area (Å²) in [6.45, 7) is 5.98. The SMILES string of the molecule is Cc1cc(C(=O)N(C)C2CCN(c3ccccn3)CC2)c(C)s1. The van der Waals surface area contributed by atoms with Gasteiger partial charge in [-0.1, -0.05) is 6.07 Å². The summed E-state index contributed by atoms with van der Waals surface area (Å²) >= 11 is 1.70. The van der Waals surface area contributed by atoms with Crippen LogP contribution in [-0.2, 0) is 0 Å². The third kappa shape index (κ3) is 3.39. The molecule has 2 aromatic rings. The number of carbonyl (C=O) groups excluding carboxylic acids is 1. The van der Waals surface area contributed by atoms with Gasteiger partial charge in [-0.15, -0.1) is 11.3 Å². The Labute approximate surface area is 141 Å². The fourth-order valence-corrected chi connectivity index (χ4v) is 4.14. The van der Waals surface area contributed by atoms with E-state index in [-0.39, 0.29) is 5.91 Å². The van der Waals surface area contributed by atoms with Crippen molar-refractivity contribution in [2.45, 2.75) is 32.7 Å². The molecule has 0 aliphatic carbocycles. The van der Waals surface area contributed by atoms with E-state index in [0.29, 0.717) is 6.04 Å². The zero-order valence-electron chi connectivity index (χ0n) is 14.0. The molecule has 0 radical (unpaired) electrons. The van der Waals surface area contributed by atoms with Crippen LogP contribution in [0, 0.1) is 13.8 Å². The Morgan fingerprint density at radius 3 is 2.61 bits per heavy atom. The quantitative estimate of drug-likeness (QED) is 0.865. The van der Waals surface area contributed by atoms with E-state index < -0.39 is 0 Å². The van der Waals surface area contributed by atoms with Crippen molar-refractivity contribution < 1.29 is 4.79 Å². The van der Waals surface area contributed by atoms with Crippen LogP contribution in [0.4, 0.5) is 5.82 Å². The number of carbonyl (C=O) groups is 1. The van der Waals surface area contributed by atoms with Gasteiger partial charge >= 0.3 is 0 Å². The number of rotatable bonds is 3. The Hall–Kier alpha value is -1.88. The van der Waals surface area contributed by atoms with Gasteiger partial charge < -0.3 is 9.80 Å². The first-order valence-electron chi connectivity index (χ1n) is 8.06. The zero-order chi connectivity index (χ0) is 16.4. The van der Waals surface area contributed by atoms with Gasteiger partial charge in [-0.05, 0) is 44.9 Å². The van der Waals surface area contributed by atoms with Gasteiger partial charge in [0.05, 0.1) is 5.56 Å². The molecule has 3 rings (SSSR count). The molecule has 0 spiro atoms. The van der Waals surface area contributed by atoms with Crippen molar-refractivity contribution in [3.05, 3.63) is 45.8 Å². The maximum Gasteiger partial charge on any atom is 0.254 e. The van der Waals surface area contributed by atoms with Crippen molar-refractivity contribution in [2.24, 2.45) is 0 Å². The van der Waals surface area contributed by atoms with Gasteiger partial charge in [0.2, 0.25) is 0 Å². The van der Waals surface area contributed by atoms with E-state index in [0.717, 1.165) is 42.2 Å². The average Bonchev–Trinajstić information content (AvgIpc) is 2.93. The highest BCUT2D eigenvalue weighted by atomic mass is 32.1. The molecule has 1 aliphatic rings. The molecule has 3 heterocycles. The first kappa shape index (κ1) is 16.0. The number of hydrogen-bond donors (Lipinski definition) is 0. The van der Waals surface area contributed by atoms with Crippen LogP contribution in [0.15, 0.2) is 30.5 Å². The summed E-state index contributed by atoms with van der Waals surface area (Å²) in [5.41, 5.74) is 0.863. The van der Waals surface area contributed by atoms with Crippen LogP contribution in [0.5, 0.6) is 0 Å². The highest BCUT2D eigenvalue weighted by Gasteiger charge is 2.27. The second-order valence-corrected chi connectivity index (χ2v) is 7.61. The largest absolute Gasteiger partial charge is 0.356 e. The molecule has 23 heavy (non-hydrogen) atoms. The minimum Gasteiger partial charge on any atom is -0.356 e. The van der Waals surface area contributed by atoms with E-state index in [2.05, 4.69) is 16.8 Å². The number of piperidine rings is 1. The zero-order valence-corrected chi connectivity index (χ0v) is 14.8. The molecule has 5 heteroatoms. The molecule has 0 bridgehead atoms. The molecule has 2 aromatic heterocycles. The molecule has 0 unspecified atom stereocenters. The van der Waals surface area contributed by atoms with E-state index in [1.165, 1.54) is 4.88 Å². The van der Waals surface area contributed by atoms with Gasteiger partial charge in [0.15, 0.2) is 0 Å². The minimum absolute atomic E-state index is 0.156. The van der Waals surface area contributed by atoms with Crippen LogP contribution in [-0.4, -0.2) is 42.0 Å². The lowest BCUT2D eigenvalue weighted by Gasteiger charge is -2.37. The molecule has 1 saturated heterocycles. The first-order valence-corrected chi connectivity index (χ1v) is 8.88. The highest BCUT2D eigenvalue weighted by Crippen LogP contribution is 2.25. The fourth-order valence-electron chi connectivity index (χ4n) is 3.22. The molecule has 1 amide bonds. The van der Waals surface area contributed by atoms with Gasteiger partial charge in [0.25, 0.3) is 5.91 Å². The Balaban J connectivity index is 1.63. The van der Waals surface area contributed by atoms with Gasteiger partial charge in [-0.2, -0.15) is 0 Å². The predicted octanol–water partition coefficient (Wildman–Crippen LogP) is 3.50. The van der Waals surface area contributed by atoms with Crippen LogP contribution in [0.2, 0.25) is 0 Å². The normalized spacial score (nSPS) is 15.7. The lowest BCUT2D eigenvalue weighted by Crippen LogP contribution is -2.45. The van der Waals surface area contributed by atoms with Crippen molar-refractivity contribution in [3.63, 3.8) is 0 Å². The molecular weight excluding hydrogens is 306 g/mol. The first-order chi connectivity index (χ1) is 11.1. The lowest BCUT2D eigenvalue weighted by molar-refractivity contribution is 0.0709. The number of amides is 1. The van der Waals surface area contributed by atoms with Gasteiger partial charge in [0.1, 0.15) is 5.82 Å². The Bertz CT molecular complexity index is 675. The van der Waals surface area contributed by atoms with Crippen LogP contribution in [0.3, 0.4) is 0 Å². The standard InChI is InChI=1S/C18H23N3OS/c1-13-12-16(14(2)23-13)18(22)20(3)15-7-10-21(11-8-15)17-6-4-5-9-19-17/h4-6,9,12,15H,7-8,10-11H2,1-3H3. The second-order valence-electron chi connectivity index (χ2n) is 6.15. The van der Waals surface area contributed by atoms with Gasteiger partial charge in [0, 0.05) is 42.1 Å². The molecule has 0 atom stereocenters. The number of anilines is 1. The lowest BCUT2D eigenvalue weighted by atomic mass is 10.0. The van der Waals surface area contributed by atoms with Crippen molar-refractivity contribution in [1.82, 2.24) is 9.88 Å². The van der Waals surface area contributed by atoms with Crippen molar-refractivity contribution >= 4 is 23.1 Å². The van der Waals surface area contributed by atoms with Crippen LogP contribution < -0.4 is 4.90 Å². The van der Waals surface area contributed by atoms with Crippen molar-refractivity contribution in [3.8, 4) is 0 Å². The summed E-state index contributed by atoms with van der Waals surface area (Å²) in [4.78, 5) is 23.7. The summed E-state index contributed by atoms with van der Waals surface area (Å²) in [7, 11) is 1.94. The summed E-state index contributed by atoms with van der Waals surface area (Å²) in [6, 6.07) is 8.33. The van der Waals surface area contributed by atoms with E-state index in [1.807, 2.05) is 49.3 Å². The number of aromatic nitrogens is 1. The number of aryl methyl sites for hydroxylation is 2. The van der Waals surface area contributed by atoms with Gasteiger partial charge in [-0.3, -0.25) is 4.79 Å². The van der Waals surface area contributed by atoms with Gasteiger partial charge in [-0.25, -0.2) is 4.98 Å². The molecule has 1 fully saturated rings. The van der Waals surface area contributed by atoms with E-state index in [9.17, 15) is 4.79 Å². The smallest absolute Gasteiger partial charge is 0.254 e. The maximum absolute atomic E-state index is 12.7. The summed E-state index contributed by atoms with van der Waals surface area (Å²) in [5, 5.41) is 0. The maximum atomic E-state index is 12.7. The molecule has 0 N–H and O–H groups in total. The number of nitrogens with zero attached hydrogens (tertiary/aromatic N) is 3. The third-order valence-electron chi connectivity index (χ3n) is 4.58. The topological polar surface area (TPSA) is 36.4 Å². The third-order valence-corrected chi connectivity index (χ3v) is 5.54. The molecular formula is C18H23N3OS. The van der Waals surface area contributed by atoms with Crippen LogP contribution >= 0.6 is 11.3 Å². The average molecular weight is 329 g/mol.